The Morgan fingerprint density at radius 3 is 2.85 bits per heavy atom. The van der Waals surface area contributed by atoms with E-state index in [-0.39, 0.29) is 17.3 Å². The zero-order chi connectivity index (χ0) is 19.4. The molecule has 1 N–H and O–H groups in total. The van der Waals surface area contributed by atoms with Gasteiger partial charge < -0.3 is 5.32 Å². The van der Waals surface area contributed by atoms with Gasteiger partial charge in [-0.25, -0.2) is 4.98 Å². The van der Waals surface area contributed by atoms with Gasteiger partial charge in [0.2, 0.25) is 5.91 Å². The van der Waals surface area contributed by atoms with Crippen molar-refractivity contribution in [3.63, 3.8) is 0 Å². The van der Waals surface area contributed by atoms with Gasteiger partial charge in [0, 0.05) is 39.7 Å². The van der Waals surface area contributed by atoms with Gasteiger partial charge in [0.1, 0.15) is 0 Å². The Balaban J connectivity index is 1.65. The molecule has 0 spiro atoms. The van der Waals surface area contributed by atoms with Crippen LogP contribution >= 0.6 is 39.3 Å². The molecule has 27 heavy (non-hydrogen) atoms. The highest BCUT2D eigenvalue weighted by Gasteiger charge is 2.13. The SMILES string of the molecule is O=C(CSc1nccn1-c1cccc(Cl)c1)Nc1ccc([N+](=O)[O-])cc1Br. The van der Waals surface area contributed by atoms with E-state index in [1.165, 1.54) is 30.0 Å². The third-order valence-electron chi connectivity index (χ3n) is 3.46. The maximum Gasteiger partial charge on any atom is 0.270 e. The van der Waals surface area contributed by atoms with Crippen molar-refractivity contribution in [1.82, 2.24) is 9.55 Å². The van der Waals surface area contributed by atoms with Crippen molar-refractivity contribution in [2.75, 3.05) is 11.1 Å². The summed E-state index contributed by atoms with van der Waals surface area (Å²) in [6.45, 7) is 0. The highest BCUT2D eigenvalue weighted by atomic mass is 79.9. The van der Waals surface area contributed by atoms with E-state index in [1.807, 2.05) is 16.7 Å². The van der Waals surface area contributed by atoms with Gasteiger partial charge >= 0.3 is 0 Å². The molecule has 0 saturated heterocycles. The fraction of sp³-hybridized carbons (Fsp3) is 0.0588. The van der Waals surface area contributed by atoms with Gasteiger partial charge in [0.15, 0.2) is 5.16 Å². The number of nitro benzene ring substituents is 1. The van der Waals surface area contributed by atoms with Crippen molar-refractivity contribution >= 4 is 56.6 Å². The Bertz CT molecular complexity index is 1010. The summed E-state index contributed by atoms with van der Waals surface area (Å²) in [7, 11) is 0. The second-order valence-corrected chi connectivity index (χ2v) is 7.55. The van der Waals surface area contributed by atoms with Crippen LogP contribution in [0.4, 0.5) is 11.4 Å². The number of benzene rings is 2. The number of nitrogens with zero attached hydrogens (tertiary/aromatic N) is 3. The van der Waals surface area contributed by atoms with E-state index in [4.69, 9.17) is 11.6 Å². The molecule has 0 bridgehead atoms. The van der Waals surface area contributed by atoms with Gasteiger partial charge in [-0.05, 0) is 40.2 Å². The molecular formula is C17H12BrClN4O3S. The van der Waals surface area contributed by atoms with Crippen molar-refractivity contribution in [1.29, 1.82) is 0 Å². The lowest BCUT2D eigenvalue weighted by Crippen LogP contribution is -2.15. The topological polar surface area (TPSA) is 90.1 Å². The van der Waals surface area contributed by atoms with Gasteiger partial charge in [-0.2, -0.15) is 0 Å². The molecule has 0 fully saturated rings. The van der Waals surface area contributed by atoms with E-state index in [2.05, 4.69) is 26.2 Å². The summed E-state index contributed by atoms with van der Waals surface area (Å²) in [6, 6.07) is 11.5. The Hall–Kier alpha value is -2.36. The highest BCUT2D eigenvalue weighted by molar-refractivity contribution is 9.10. The third kappa shape index (κ3) is 4.88. The second-order valence-electron chi connectivity index (χ2n) is 5.32. The van der Waals surface area contributed by atoms with Gasteiger partial charge in [-0.15, -0.1) is 0 Å². The molecule has 10 heteroatoms. The molecule has 0 saturated carbocycles. The van der Waals surface area contributed by atoms with Gasteiger partial charge in [-0.3, -0.25) is 19.5 Å². The first-order valence-corrected chi connectivity index (χ1v) is 9.75. The van der Waals surface area contributed by atoms with Crippen LogP contribution in [-0.2, 0) is 4.79 Å². The first-order valence-electron chi connectivity index (χ1n) is 7.60. The largest absolute Gasteiger partial charge is 0.324 e. The normalized spacial score (nSPS) is 10.6. The standard InChI is InChI=1S/C17H12BrClN4O3S/c18-14-9-13(23(25)26)4-5-15(14)21-16(24)10-27-17-20-6-7-22(17)12-3-1-2-11(19)8-12/h1-9H,10H2,(H,21,24). The van der Waals surface area contributed by atoms with Crippen LogP contribution in [0.3, 0.4) is 0 Å². The molecule has 0 aliphatic rings. The van der Waals surface area contributed by atoms with Crippen LogP contribution in [-0.4, -0.2) is 26.1 Å². The number of imidazole rings is 1. The van der Waals surface area contributed by atoms with Crippen LogP contribution in [0.2, 0.25) is 5.02 Å². The minimum absolute atomic E-state index is 0.0576. The maximum absolute atomic E-state index is 12.2. The summed E-state index contributed by atoms with van der Waals surface area (Å²) in [6.07, 6.45) is 3.44. The monoisotopic (exact) mass is 466 g/mol. The number of amides is 1. The Kier molecular flexibility index (Phi) is 6.15. The van der Waals surface area contributed by atoms with Crippen LogP contribution < -0.4 is 5.32 Å². The lowest BCUT2D eigenvalue weighted by atomic mass is 10.3. The summed E-state index contributed by atoms with van der Waals surface area (Å²) in [5.41, 5.74) is 1.25. The number of nitro groups is 1. The molecular weight excluding hydrogens is 456 g/mol. The number of aromatic nitrogens is 2. The number of nitrogens with one attached hydrogen (secondary N) is 1. The first kappa shape index (κ1) is 19.4. The van der Waals surface area contributed by atoms with Crippen molar-refractivity contribution < 1.29 is 9.72 Å². The Labute approximate surface area is 172 Å². The zero-order valence-corrected chi connectivity index (χ0v) is 16.8. The van der Waals surface area contributed by atoms with Gasteiger partial charge in [0.25, 0.3) is 5.69 Å². The maximum atomic E-state index is 12.2. The average molecular weight is 468 g/mol. The number of non-ortho nitro benzene ring substituents is 1. The molecule has 0 aliphatic heterocycles. The van der Waals surface area contributed by atoms with Gasteiger partial charge in [-0.1, -0.05) is 29.4 Å². The number of carbonyl (C=O) groups is 1. The van der Waals surface area contributed by atoms with Crippen molar-refractivity contribution in [3.05, 3.63) is 74.5 Å². The zero-order valence-electron chi connectivity index (χ0n) is 13.6. The Morgan fingerprint density at radius 2 is 2.15 bits per heavy atom. The van der Waals surface area contributed by atoms with E-state index >= 15 is 0 Å². The number of carbonyl (C=O) groups excluding carboxylic acids is 1. The van der Waals surface area contributed by atoms with E-state index in [9.17, 15) is 14.9 Å². The number of hydrogen-bond donors (Lipinski definition) is 1. The minimum atomic E-state index is -0.498. The molecule has 3 aromatic rings. The Morgan fingerprint density at radius 1 is 1.33 bits per heavy atom. The molecule has 3 rings (SSSR count). The molecule has 138 valence electrons. The van der Waals surface area contributed by atoms with Crippen molar-refractivity contribution in [3.8, 4) is 5.69 Å². The second kappa shape index (κ2) is 8.55. The molecule has 0 aliphatic carbocycles. The summed E-state index contributed by atoms with van der Waals surface area (Å²) in [5.74, 6) is -0.128. The molecule has 1 heterocycles. The van der Waals surface area contributed by atoms with Crippen LogP contribution in [0.25, 0.3) is 5.69 Å². The highest BCUT2D eigenvalue weighted by Crippen LogP contribution is 2.28. The molecule has 0 atom stereocenters. The molecule has 2 aromatic carbocycles. The predicted octanol–water partition coefficient (Wildman–Crippen LogP) is 4.93. The number of thioether (sulfide) groups is 1. The van der Waals surface area contributed by atoms with E-state index in [1.54, 1.807) is 24.5 Å². The van der Waals surface area contributed by atoms with Crippen LogP contribution in [0.15, 0.2) is 64.5 Å². The molecule has 0 unspecified atom stereocenters. The fourth-order valence-electron chi connectivity index (χ4n) is 2.25. The number of halogens is 2. The number of anilines is 1. The lowest BCUT2D eigenvalue weighted by molar-refractivity contribution is -0.384. The average Bonchev–Trinajstić information content (AvgIpc) is 3.10. The van der Waals surface area contributed by atoms with E-state index < -0.39 is 4.92 Å². The van der Waals surface area contributed by atoms with Crippen LogP contribution in [0.1, 0.15) is 0 Å². The fourth-order valence-corrected chi connectivity index (χ4v) is 3.68. The molecule has 1 aromatic heterocycles. The summed E-state index contributed by atoms with van der Waals surface area (Å²) >= 11 is 10.5. The molecule has 1 amide bonds. The quantitative estimate of drug-likeness (QED) is 0.315. The molecule has 0 radical (unpaired) electrons. The van der Waals surface area contributed by atoms with E-state index in [0.717, 1.165) is 5.69 Å². The molecule has 7 nitrogen and oxygen atoms in total. The first-order chi connectivity index (χ1) is 12.9. The minimum Gasteiger partial charge on any atom is -0.324 e. The summed E-state index contributed by atoms with van der Waals surface area (Å²) in [4.78, 5) is 26.8. The van der Waals surface area contributed by atoms with Crippen molar-refractivity contribution in [2.45, 2.75) is 5.16 Å². The summed E-state index contributed by atoms with van der Waals surface area (Å²) < 4.78 is 2.28. The number of hydrogen-bond acceptors (Lipinski definition) is 5. The number of rotatable bonds is 6. The third-order valence-corrected chi connectivity index (χ3v) is 5.32. The van der Waals surface area contributed by atoms with Crippen LogP contribution in [0, 0.1) is 10.1 Å². The summed E-state index contributed by atoms with van der Waals surface area (Å²) in [5, 5.41) is 14.7. The smallest absolute Gasteiger partial charge is 0.270 e. The van der Waals surface area contributed by atoms with Gasteiger partial charge in [0.05, 0.1) is 16.4 Å². The van der Waals surface area contributed by atoms with E-state index in [0.29, 0.717) is 20.3 Å². The van der Waals surface area contributed by atoms with Crippen molar-refractivity contribution in [2.24, 2.45) is 0 Å². The lowest BCUT2D eigenvalue weighted by Gasteiger charge is -2.09. The van der Waals surface area contributed by atoms with Crippen LogP contribution in [0.5, 0.6) is 0 Å². The predicted molar refractivity (Wildman–Crippen MR) is 109 cm³/mol.